The van der Waals surface area contributed by atoms with E-state index in [4.69, 9.17) is 4.74 Å². The molecule has 0 saturated heterocycles. The maximum atomic E-state index is 9.65. The second kappa shape index (κ2) is 10.7. The van der Waals surface area contributed by atoms with Gasteiger partial charge in [-0.15, -0.1) is 0 Å². The fourth-order valence-electron chi connectivity index (χ4n) is 2.31. The minimum atomic E-state index is 0.183. The highest BCUT2D eigenvalue weighted by Crippen LogP contribution is 2.27. The molecule has 0 amide bonds. The molecule has 0 unspecified atom stereocenters. The number of benzene rings is 2. The van der Waals surface area contributed by atoms with Crippen LogP contribution in [0.2, 0.25) is 0 Å². The van der Waals surface area contributed by atoms with Crippen LogP contribution in [0.3, 0.4) is 0 Å². The minimum absolute atomic E-state index is 0.183. The third kappa shape index (κ3) is 6.63. The molecule has 0 heterocycles. The first-order valence-electron chi connectivity index (χ1n) is 8.67. The van der Waals surface area contributed by atoms with Gasteiger partial charge in [-0.1, -0.05) is 63.1 Å². The van der Waals surface area contributed by atoms with Crippen molar-refractivity contribution in [2.45, 2.75) is 47.2 Å². The standard InChI is InChI=1S/C18H23NO2.C3H8/c1-4-19(12-15-7-5-14(2)6-8-15)13-16-9-10-17(20)18(11-16)21-3;1-3-2/h5-11,20H,4,12-13H2,1-3H3;3H2,1-2H3. The van der Waals surface area contributed by atoms with E-state index in [1.807, 2.05) is 12.1 Å². The number of hydrogen-bond acceptors (Lipinski definition) is 3. The molecule has 0 bridgehead atoms. The number of ether oxygens (including phenoxy) is 1. The summed E-state index contributed by atoms with van der Waals surface area (Å²) in [6.07, 6.45) is 1.25. The van der Waals surface area contributed by atoms with E-state index in [0.29, 0.717) is 5.75 Å². The molecule has 0 aliphatic rings. The fraction of sp³-hybridized carbons (Fsp3) is 0.429. The first-order chi connectivity index (χ1) is 11.5. The van der Waals surface area contributed by atoms with E-state index < -0.39 is 0 Å². The summed E-state index contributed by atoms with van der Waals surface area (Å²) in [5, 5.41) is 9.65. The molecular weight excluding hydrogens is 298 g/mol. The largest absolute Gasteiger partial charge is 0.504 e. The van der Waals surface area contributed by atoms with Crippen molar-refractivity contribution in [3.63, 3.8) is 0 Å². The highest BCUT2D eigenvalue weighted by atomic mass is 16.5. The van der Waals surface area contributed by atoms with Crippen LogP contribution in [0, 0.1) is 6.92 Å². The summed E-state index contributed by atoms with van der Waals surface area (Å²) in [6.45, 7) is 11.2. The quantitative estimate of drug-likeness (QED) is 0.795. The van der Waals surface area contributed by atoms with Crippen molar-refractivity contribution >= 4 is 0 Å². The van der Waals surface area contributed by atoms with Gasteiger partial charge in [0.25, 0.3) is 0 Å². The Bertz CT molecular complexity index is 593. The van der Waals surface area contributed by atoms with Gasteiger partial charge in [-0.2, -0.15) is 0 Å². The van der Waals surface area contributed by atoms with Gasteiger partial charge in [0.2, 0.25) is 0 Å². The van der Waals surface area contributed by atoms with Crippen LogP contribution in [0.5, 0.6) is 11.5 Å². The Morgan fingerprint density at radius 3 is 2.00 bits per heavy atom. The molecule has 3 heteroatoms. The van der Waals surface area contributed by atoms with E-state index in [1.54, 1.807) is 13.2 Å². The third-order valence-corrected chi connectivity index (χ3v) is 3.62. The lowest BCUT2D eigenvalue weighted by Gasteiger charge is -2.21. The van der Waals surface area contributed by atoms with E-state index in [-0.39, 0.29) is 5.75 Å². The topological polar surface area (TPSA) is 32.7 Å². The predicted molar refractivity (Wildman–Crippen MR) is 102 cm³/mol. The van der Waals surface area contributed by atoms with E-state index in [1.165, 1.54) is 17.5 Å². The first-order valence-corrected chi connectivity index (χ1v) is 8.67. The van der Waals surface area contributed by atoms with Crippen LogP contribution in [-0.4, -0.2) is 23.7 Å². The Labute approximate surface area is 146 Å². The molecule has 0 aromatic heterocycles. The number of methoxy groups -OCH3 is 1. The van der Waals surface area contributed by atoms with Gasteiger partial charge in [-0.05, 0) is 36.7 Å². The molecule has 2 rings (SSSR count). The molecular formula is C21H31NO2. The maximum Gasteiger partial charge on any atom is 0.160 e. The molecule has 0 radical (unpaired) electrons. The van der Waals surface area contributed by atoms with E-state index in [0.717, 1.165) is 25.2 Å². The Morgan fingerprint density at radius 2 is 1.46 bits per heavy atom. The van der Waals surface area contributed by atoms with Crippen LogP contribution in [0.15, 0.2) is 42.5 Å². The third-order valence-electron chi connectivity index (χ3n) is 3.62. The van der Waals surface area contributed by atoms with Gasteiger partial charge in [-0.25, -0.2) is 0 Å². The zero-order valence-corrected chi connectivity index (χ0v) is 15.7. The van der Waals surface area contributed by atoms with Gasteiger partial charge in [-0.3, -0.25) is 4.90 Å². The SMILES string of the molecule is CCC.CCN(Cc1ccc(C)cc1)Cc1ccc(O)c(OC)c1. The minimum Gasteiger partial charge on any atom is -0.504 e. The zero-order chi connectivity index (χ0) is 17.9. The molecule has 0 fully saturated rings. The van der Waals surface area contributed by atoms with Gasteiger partial charge in [0, 0.05) is 13.1 Å². The number of aromatic hydroxyl groups is 1. The molecule has 0 saturated carbocycles. The Hall–Kier alpha value is -2.00. The van der Waals surface area contributed by atoms with Crippen LogP contribution in [0.25, 0.3) is 0 Å². The first kappa shape index (κ1) is 20.0. The second-order valence-electron chi connectivity index (χ2n) is 6.00. The normalized spacial score (nSPS) is 10.2. The monoisotopic (exact) mass is 329 g/mol. The lowest BCUT2D eigenvalue weighted by molar-refractivity contribution is 0.270. The number of rotatable bonds is 6. The van der Waals surface area contributed by atoms with Crippen molar-refractivity contribution in [1.29, 1.82) is 0 Å². The lowest BCUT2D eigenvalue weighted by atomic mass is 10.1. The van der Waals surface area contributed by atoms with Crippen molar-refractivity contribution in [1.82, 2.24) is 4.90 Å². The molecule has 0 aliphatic carbocycles. The lowest BCUT2D eigenvalue weighted by Crippen LogP contribution is -2.22. The van der Waals surface area contributed by atoms with Crippen molar-refractivity contribution in [2.24, 2.45) is 0 Å². The number of nitrogens with zero attached hydrogens (tertiary/aromatic N) is 1. The summed E-state index contributed by atoms with van der Waals surface area (Å²) in [5.41, 5.74) is 3.73. The Morgan fingerprint density at radius 1 is 0.917 bits per heavy atom. The fourth-order valence-corrected chi connectivity index (χ4v) is 2.31. The van der Waals surface area contributed by atoms with Gasteiger partial charge in [0.1, 0.15) is 0 Å². The summed E-state index contributed by atoms with van der Waals surface area (Å²) in [4.78, 5) is 2.36. The van der Waals surface area contributed by atoms with E-state index in [9.17, 15) is 5.11 Å². The average molecular weight is 329 g/mol. The second-order valence-corrected chi connectivity index (χ2v) is 6.00. The smallest absolute Gasteiger partial charge is 0.160 e. The van der Waals surface area contributed by atoms with Crippen molar-refractivity contribution in [3.05, 3.63) is 59.2 Å². The van der Waals surface area contributed by atoms with Crippen molar-refractivity contribution in [3.8, 4) is 11.5 Å². The molecule has 1 N–H and O–H groups in total. The average Bonchev–Trinajstić information content (AvgIpc) is 2.58. The maximum absolute atomic E-state index is 9.65. The summed E-state index contributed by atoms with van der Waals surface area (Å²) in [7, 11) is 1.57. The van der Waals surface area contributed by atoms with Crippen molar-refractivity contribution < 1.29 is 9.84 Å². The summed E-state index contributed by atoms with van der Waals surface area (Å²) < 4.78 is 5.16. The number of phenols is 1. The van der Waals surface area contributed by atoms with Crippen molar-refractivity contribution in [2.75, 3.05) is 13.7 Å². The molecule has 24 heavy (non-hydrogen) atoms. The van der Waals surface area contributed by atoms with Gasteiger partial charge >= 0.3 is 0 Å². The molecule has 0 atom stereocenters. The van der Waals surface area contributed by atoms with Gasteiger partial charge < -0.3 is 9.84 Å². The van der Waals surface area contributed by atoms with Crippen LogP contribution < -0.4 is 4.74 Å². The molecule has 3 nitrogen and oxygen atoms in total. The summed E-state index contributed by atoms with van der Waals surface area (Å²) >= 11 is 0. The molecule has 0 aliphatic heterocycles. The molecule has 2 aromatic carbocycles. The Kier molecular flexibility index (Phi) is 8.95. The molecule has 0 spiro atoms. The van der Waals surface area contributed by atoms with E-state index >= 15 is 0 Å². The van der Waals surface area contributed by atoms with Crippen LogP contribution >= 0.6 is 0 Å². The molecule has 2 aromatic rings. The zero-order valence-electron chi connectivity index (χ0n) is 15.7. The summed E-state index contributed by atoms with van der Waals surface area (Å²) in [6, 6.07) is 14.2. The number of aryl methyl sites for hydroxylation is 1. The van der Waals surface area contributed by atoms with Crippen LogP contribution in [0.4, 0.5) is 0 Å². The Balaban J connectivity index is 0.000000891. The molecule has 132 valence electrons. The highest BCUT2D eigenvalue weighted by Gasteiger charge is 2.08. The predicted octanol–water partition coefficient (Wildman–Crippen LogP) is 5.15. The van der Waals surface area contributed by atoms with Crippen LogP contribution in [-0.2, 0) is 13.1 Å². The number of phenolic OH excluding ortho intramolecular Hbond substituents is 1. The highest BCUT2D eigenvalue weighted by molar-refractivity contribution is 5.41. The van der Waals surface area contributed by atoms with Gasteiger partial charge in [0.15, 0.2) is 11.5 Å². The van der Waals surface area contributed by atoms with Crippen LogP contribution in [0.1, 0.15) is 43.9 Å². The summed E-state index contributed by atoms with van der Waals surface area (Å²) in [5.74, 6) is 0.710. The van der Waals surface area contributed by atoms with E-state index in [2.05, 4.69) is 56.9 Å². The van der Waals surface area contributed by atoms with Gasteiger partial charge in [0.05, 0.1) is 7.11 Å². The number of hydrogen-bond donors (Lipinski definition) is 1.